The topological polar surface area (TPSA) is 59.4 Å². The minimum Gasteiger partial charge on any atom is -0.376 e. The number of benzene rings is 1. The number of hydrogen-bond donors (Lipinski definition) is 1. The molecule has 1 N–H and O–H groups in total. The van der Waals surface area contributed by atoms with Crippen LogP contribution in [0.4, 0.5) is 10.5 Å². The van der Waals surface area contributed by atoms with Crippen molar-refractivity contribution in [1.29, 1.82) is 0 Å². The first-order valence-corrected chi connectivity index (χ1v) is 7.96. The molecule has 0 aliphatic carbocycles. The zero-order valence-corrected chi connectivity index (χ0v) is 13.3. The van der Waals surface area contributed by atoms with Crippen molar-refractivity contribution >= 4 is 11.7 Å². The highest BCUT2D eigenvalue weighted by Crippen LogP contribution is 2.15. The van der Waals surface area contributed by atoms with Crippen LogP contribution in [-0.4, -0.2) is 47.0 Å². The predicted octanol–water partition coefficient (Wildman–Crippen LogP) is 2.91. The molecule has 1 aromatic carbocycles. The van der Waals surface area contributed by atoms with Gasteiger partial charge in [0.2, 0.25) is 0 Å². The SMILES string of the molecule is CN(CC1CCCCO1)C(=O)Nc1ccc(-n2cccn2)cc1. The number of ether oxygens (including phenoxy) is 1. The van der Waals surface area contributed by atoms with Gasteiger partial charge in [-0.1, -0.05) is 0 Å². The Hall–Kier alpha value is -2.34. The Morgan fingerprint density at radius 2 is 2.22 bits per heavy atom. The molecular formula is C17H22N4O2. The summed E-state index contributed by atoms with van der Waals surface area (Å²) in [4.78, 5) is 13.9. The molecule has 3 rings (SSSR count). The second kappa shape index (κ2) is 7.28. The zero-order chi connectivity index (χ0) is 16.1. The highest BCUT2D eigenvalue weighted by Gasteiger charge is 2.18. The lowest BCUT2D eigenvalue weighted by molar-refractivity contribution is 0.00463. The smallest absolute Gasteiger partial charge is 0.321 e. The van der Waals surface area contributed by atoms with E-state index in [1.807, 2.05) is 36.5 Å². The standard InChI is InChI=1S/C17H22N4O2/c1-20(13-16-5-2-3-12-23-16)17(22)19-14-6-8-15(9-7-14)21-11-4-10-18-21/h4,6-11,16H,2-3,5,12-13H2,1H3,(H,19,22). The molecule has 2 amide bonds. The maximum Gasteiger partial charge on any atom is 0.321 e. The lowest BCUT2D eigenvalue weighted by Gasteiger charge is -2.27. The third kappa shape index (κ3) is 4.10. The molecule has 23 heavy (non-hydrogen) atoms. The van der Waals surface area contributed by atoms with Crippen LogP contribution >= 0.6 is 0 Å². The number of carbonyl (C=O) groups is 1. The molecule has 1 aromatic heterocycles. The van der Waals surface area contributed by atoms with E-state index < -0.39 is 0 Å². The summed E-state index contributed by atoms with van der Waals surface area (Å²) in [5, 5.41) is 7.08. The van der Waals surface area contributed by atoms with Gasteiger partial charge in [-0.05, 0) is 49.6 Å². The van der Waals surface area contributed by atoms with E-state index in [1.165, 1.54) is 6.42 Å². The van der Waals surface area contributed by atoms with E-state index in [2.05, 4.69) is 10.4 Å². The molecule has 122 valence electrons. The van der Waals surface area contributed by atoms with Crippen molar-refractivity contribution in [2.75, 3.05) is 25.5 Å². The van der Waals surface area contributed by atoms with E-state index in [4.69, 9.17) is 4.74 Å². The van der Waals surface area contributed by atoms with Crippen molar-refractivity contribution in [2.45, 2.75) is 25.4 Å². The first-order chi connectivity index (χ1) is 11.2. The number of likely N-dealkylation sites (N-methyl/N-ethyl adjacent to an activating group) is 1. The highest BCUT2D eigenvalue weighted by atomic mass is 16.5. The number of amides is 2. The van der Waals surface area contributed by atoms with Crippen LogP contribution < -0.4 is 5.32 Å². The summed E-state index contributed by atoms with van der Waals surface area (Å²) in [5.41, 5.74) is 1.72. The number of aromatic nitrogens is 2. The van der Waals surface area contributed by atoms with E-state index in [-0.39, 0.29) is 12.1 Å². The molecule has 1 fully saturated rings. The van der Waals surface area contributed by atoms with Crippen molar-refractivity contribution in [3.63, 3.8) is 0 Å². The van der Waals surface area contributed by atoms with Gasteiger partial charge in [0.05, 0.1) is 11.8 Å². The average Bonchev–Trinajstić information content (AvgIpc) is 3.11. The van der Waals surface area contributed by atoms with E-state index in [9.17, 15) is 4.79 Å². The Morgan fingerprint density at radius 1 is 1.39 bits per heavy atom. The molecule has 6 nitrogen and oxygen atoms in total. The lowest BCUT2D eigenvalue weighted by atomic mass is 10.1. The fourth-order valence-electron chi connectivity index (χ4n) is 2.68. The quantitative estimate of drug-likeness (QED) is 0.944. The van der Waals surface area contributed by atoms with Crippen molar-refractivity contribution in [3.8, 4) is 5.69 Å². The molecule has 1 saturated heterocycles. The molecule has 2 aromatic rings. The Kier molecular flexibility index (Phi) is 4.92. The molecule has 1 aliphatic rings. The Labute approximate surface area is 136 Å². The van der Waals surface area contributed by atoms with Gasteiger partial charge in [-0.2, -0.15) is 5.10 Å². The molecule has 1 atom stereocenters. The van der Waals surface area contributed by atoms with Crippen LogP contribution in [0, 0.1) is 0 Å². The van der Waals surface area contributed by atoms with Crippen LogP contribution in [-0.2, 0) is 4.74 Å². The number of urea groups is 1. The second-order valence-corrected chi connectivity index (χ2v) is 5.80. The second-order valence-electron chi connectivity index (χ2n) is 5.80. The third-order valence-electron chi connectivity index (χ3n) is 3.99. The van der Waals surface area contributed by atoms with Crippen molar-refractivity contribution in [1.82, 2.24) is 14.7 Å². The highest BCUT2D eigenvalue weighted by molar-refractivity contribution is 5.89. The normalized spacial score (nSPS) is 17.7. The van der Waals surface area contributed by atoms with Gasteiger partial charge in [0, 0.05) is 38.3 Å². The summed E-state index contributed by atoms with van der Waals surface area (Å²) in [6, 6.07) is 9.35. The van der Waals surface area contributed by atoms with Gasteiger partial charge >= 0.3 is 6.03 Å². The molecule has 2 heterocycles. The number of rotatable bonds is 4. The summed E-state index contributed by atoms with van der Waals surface area (Å²) in [6.07, 6.45) is 7.09. The fraction of sp³-hybridized carbons (Fsp3) is 0.412. The van der Waals surface area contributed by atoms with Gasteiger partial charge in [0.15, 0.2) is 0 Å². The molecule has 6 heteroatoms. The fourth-order valence-corrected chi connectivity index (χ4v) is 2.68. The first kappa shape index (κ1) is 15.6. The van der Waals surface area contributed by atoms with E-state index >= 15 is 0 Å². The Balaban J connectivity index is 1.54. The minimum absolute atomic E-state index is 0.119. The lowest BCUT2D eigenvalue weighted by Crippen LogP contribution is -2.39. The molecule has 1 aliphatic heterocycles. The van der Waals surface area contributed by atoms with Gasteiger partial charge < -0.3 is 15.0 Å². The molecule has 0 radical (unpaired) electrons. The van der Waals surface area contributed by atoms with Crippen LogP contribution in [0.1, 0.15) is 19.3 Å². The monoisotopic (exact) mass is 314 g/mol. The first-order valence-electron chi connectivity index (χ1n) is 7.96. The maximum atomic E-state index is 12.2. The number of anilines is 1. The largest absolute Gasteiger partial charge is 0.376 e. The van der Waals surface area contributed by atoms with Gasteiger partial charge in [0.1, 0.15) is 0 Å². The van der Waals surface area contributed by atoms with E-state index in [1.54, 1.807) is 22.8 Å². The van der Waals surface area contributed by atoms with Crippen molar-refractivity contribution < 1.29 is 9.53 Å². The zero-order valence-electron chi connectivity index (χ0n) is 13.3. The molecule has 0 bridgehead atoms. The molecular weight excluding hydrogens is 292 g/mol. The summed E-state index contributed by atoms with van der Waals surface area (Å²) >= 11 is 0. The third-order valence-corrected chi connectivity index (χ3v) is 3.99. The van der Waals surface area contributed by atoms with E-state index in [0.717, 1.165) is 30.8 Å². The Morgan fingerprint density at radius 3 is 2.87 bits per heavy atom. The van der Waals surface area contributed by atoms with Crippen molar-refractivity contribution in [3.05, 3.63) is 42.7 Å². The summed E-state index contributed by atoms with van der Waals surface area (Å²) in [6.45, 7) is 1.42. The summed E-state index contributed by atoms with van der Waals surface area (Å²) in [7, 11) is 1.80. The van der Waals surface area contributed by atoms with Crippen LogP contribution in [0.3, 0.4) is 0 Å². The maximum absolute atomic E-state index is 12.2. The van der Waals surface area contributed by atoms with Gasteiger partial charge in [-0.3, -0.25) is 0 Å². The van der Waals surface area contributed by atoms with Crippen molar-refractivity contribution in [2.24, 2.45) is 0 Å². The number of hydrogen-bond acceptors (Lipinski definition) is 3. The summed E-state index contributed by atoms with van der Waals surface area (Å²) < 4.78 is 7.45. The van der Waals surface area contributed by atoms with E-state index in [0.29, 0.717) is 6.54 Å². The summed E-state index contributed by atoms with van der Waals surface area (Å²) in [5.74, 6) is 0. The predicted molar refractivity (Wildman–Crippen MR) is 88.8 cm³/mol. The van der Waals surface area contributed by atoms with Gasteiger partial charge in [-0.15, -0.1) is 0 Å². The minimum atomic E-state index is -0.119. The molecule has 0 spiro atoms. The van der Waals surface area contributed by atoms with Gasteiger partial charge in [0.25, 0.3) is 0 Å². The number of nitrogens with one attached hydrogen (secondary N) is 1. The molecule has 0 saturated carbocycles. The Bertz CT molecular complexity index is 619. The van der Waals surface area contributed by atoms with Crippen LogP contribution in [0.25, 0.3) is 5.69 Å². The molecule has 1 unspecified atom stereocenters. The number of nitrogens with zero attached hydrogens (tertiary/aromatic N) is 3. The van der Waals surface area contributed by atoms with Crippen LogP contribution in [0.15, 0.2) is 42.7 Å². The van der Waals surface area contributed by atoms with Crippen LogP contribution in [0.5, 0.6) is 0 Å². The van der Waals surface area contributed by atoms with Gasteiger partial charge in [-0.25, -0.2) is 9.48 Å². The number of carbonyl (C=O) groups excluding carboxylic acids is 1. The average molecular weight is 314 g/mol. The van der Waals surface area contributed by atoms with Crippen LogP contribution in [0.2, 0.25) is 0 Å².